The van der Waals surface area contributed by atoms with Crippen LogP contribution < -0.4 is 4.74 Å². The Morgan fingerprint density at radius 2 is 2.07 bits per heavy atom. The van der Waals surface area contributed by atoms with Crippen molar-refractivity contribution in [2.24, 2.45) is 0 Å². The van der Waals surface area contributed by atoms with Crippen LogP contribution in [-0.2, 0) is 6.18 Å². The molecule has 1 fully saturated rings. The summed E-state index contributed by atoms with van der Waals surface area (Å²) in [5, 5.41) is 0. The van der Waals surface area contributed by atoms with E-state index in [-0.39, 0.29) is 9.67 Å². The van der Waals surface area contributed by atoms with E-state index in [0.717, 1.165) is 19.0 Å². The molecule has 0 spiro atoms. The van der Waals surface area contributed by atoms with Crippen molar-refractivity contribution < 1.29 is 17.9 Å². The Morgan fingerprint density at radius 1 is 1.40 bits per heavy atom. The van der Waals surface area contributed by atoms with E-state index in [1.165, 1.54) is 6.07 Å². The molecule has 0 saturated heterocycles. The molecule has 1 aliphatic rings. The van der Waals surface area contributed by atoms with Crippen molar-refractivity contribution in [1.29, 1.82) is 0 Å². The Kier molecular flexibility index (Phi) is 2.78. The minimum absolute atomic E-state index is 0.0678. The first-order valence-electron chi connectivity index (χ1n) is 4.36. The van der Waals surface area contributed by atoms with Crippen LogP contribution in [0, 0.1) is 3.57 Å². The molecule has 2 nitrogen and oxygen atoms in total. The van der Waals surface area contributed by atoms with Crippen LogP contribution in [0.2, 0.25) is 0 Å². The Bertz CT molecular complexity index is 376. The number of alkyl halides is 3. The minimum Gasteiger partial charge on any atom is -0.489 e. The number of nitrogens with zero attached hydrogens (tertiary/aromatic N) is 1. The maximum absolute atomic E-state index is 12.3. The minimum atomic E-state index is -4.39. The lowest BCUT2D eigenvalue weighted by Gasteiger charge is -2.09. The summed E-state index contributed by atoms with van der Waals surface area (Å²) in [5.74, 6) is 0.412. The molecular formula is C9H7F3INO. The van der Waals surface area contributed by atoms with Crippen LogP contribution in [0.15, 0.2) is 12.3 Å². The van der Waals surface area contributed by atoms with Gasteiger partial charge >= 0.3 is 6.18 Å². The zero-order valence-electron chi connectivity index (χ0n) is 7.51. The number of aromatic nitrogens is 1. The maximum atomic E-state index is 12.3. The molecule has 1 aliphatic carbocycles. The molecular weight excluding hydrogens is 322 g/mol. The first-order valence-corrected chi connectivity index (χ1v) is 5.44. The fourth-order valence-electron chi connectivity index (χ4n) is 1.07. The number of hydrogen-bond acceptors (Lipinski definition) is 2. The SMILES string of the molecule is FC(F)(F)c1ncc(OC2CC2)cc1I. The second-order valence-corrected chi connectivity index (χ2v) is 4.48. The van der Waals surface area contributed by atoms with E-state index < -0.39 is 11.9 Å². The highest BCUT2D eigenvalue weighted by atomic mass is 127. The maximum Gasteiger partial charge on any atom is 0.434 e. The van der Waals surface area contributed by atoms with Crippen LogP contribution in [0.25, 0.3) is 0 Å². The fourth-order valence-corrected chi connectivity index (χ4v) is 1.82. The van der Waals surface area contributed by atoms with Crippen molar-refractivity contribution >= 4 is 22.6 Å². The van der Waals surface area contributed by atoms with E-state index in [0.29, 0.717) is 5.75 Å². The van der Waals surface area contributed by atoms with Gasteiger partial charge in [0.05, 0.1) is 12.3 Å². The second kappa shape index (κ2) is 3.80. The topological polar surface area (TPSA) is 22.1 Å². The van der Waals surface area contributed by atoms with Crippen molar-refractivity contribution in [1.82, 2.24) is 4.98 Å². The lowest BCUT2D eigenvalue weighted by atomic mass is 10.3. The van der Waals surface area contributed by atoms with E-state index in [1.54, 1.807) is 22.6 Å². The van der Waals surface area contributed by atoms with Crippen LogP contribution in [0.3, 0.4) is 0 Å². The molecule has 0 unspecified atom stereocenters. The third kappa shape index (κ3) is 2.73. The third-order valence-corrected chi connectivity index (χ3v) is 2.73. The normalized spacial score (nSPS) is 16.5. The predicted octanol–water partition coefficient (Wildman–Crippen LogP) is 3.25. The highest BCUT2D eigenvalue weighted by Gasteiger charge is 2.35. The summed E-state index contributed by atoms with van der Waals surface area (Å²) in [7, 11) is 0. The number of pyridine rings is 1. The highest BCUT2D eigenvalue weighted by molar-refractivity contribution is 14.1. The molecule has 1 saturated carbocycles. The molecule has 1 aromatic heterocycles. The van der Waals surface area contributed by atoms with Gasteiger partial charge in [-0.3, -0.25) is 0 Å². The molecule has 6 heteroatoms. The zero-order valence-corrected chi connectivity index (χ0v) is 9.67. The summed E-state index contributed by atoms with van der Waals surface area (Å²) in [6.45, 7) is 0. The molecule has 82 valence electrons. The highest BCUT2D eigenvalue weighted by Crippen LogP contribution is 2.33. The predicted molar refractivity (Wildman–Crippen MR) is 55.6 cm³/mol. The van der Waals surface area contributed by atoms with Gasteiger partial charge < -0.3 is 4.74 Å². The molecule has 15 heavy (non-hydrogen) atoms. The number of halogens is 4. The second-order valence-electron chi connectivity index (χ2n) is 3.32. The van der Waals surface area contributed by atoms with Crippen LogP contribution in [-0.4, -0.2) is 11.1 Å². The number of hydrogen-bond donors (Lipinski definition) is 0. The van der Waals surface area contributed by atoms with Gasteiger partial charge in [0.15, 0.2) is 5.69 Å². The first-order chi connectivity index (χ1) is 6.97. The van der Waals surface area contributed by atoms with Crippen LogP contribution in [0.4, 0.5) is 13.2 Å². The smallest absolute Gasteiger partial charge is 0.434 e. The summed E-state index contributed by atoms with van der Waals surface area (Å²) in [6.07, 6.45) is -1.16. The van der Waals surface area contributed by atoms with Crippen LogP contribution in [0.1, 0.15) is 18.5 Å². The van der Waals surface area contributed by atoms with Gasteiger partial charge in [0.25, 0.3) is 0 Å². The van der Waals surface area contributed by atoms with Crippen LogP contribution in [0.5, 0.6) is 5.75 Å². The van der Waals surface area contributed by atoms with Crippen molar-refractivity contribution in [2.45, 2.75) is 25.1 Å². The number of rotatable bonds is 2. The van der Waals surface area contributed by atoms with Crippen molar-refractivity contribution in [3.05, 3.63) is 21.5 Å². The van der Waals surface area contributed by atoms with Gasteiger partial charge in [0, 0.05) is 3.57 Å². The first kappa shape index (κ1) is 11.0. The molecule has 0 bridgehead atoms. The van der Waals surface area contributed by atoms with Crippen molar-refractivity contribution in [3.8, 4) is 5.75 Å². The lowest BCUT2D eigenvalue weighted by Crippen LogP contribution is -2.10. The van der Waals surface area contributed by atoms with Gasteiger partial charge in [-0.2, -0.15) is 13.2 Å². The molecule has 1 heterocycles. The van der Waals surface area contributed by atoms with E-state index in [4.69, 9.17) is 4.74 Å². The Balaban J connectivity index is 2.21. The monoisotopic (exact) mass is 329 g/mol. The summed E-state index contributed by atoms with van der Waals surface area (Å²) in [4.78, 5) is 3.37. The summed E-state index contributed by atoms with van der Waals surface area (Å²) in [5.41, 5.74) is -0.855. The molecule has 0 atom stereocenters. The fraction of sp³-hybridized carbons (Fsp3) is 0.444. The van der Waals surface area contributed by atoms with Gasteiger partial charge in [0.1, 0.15) is 5.75 Å². The van der Waals surface area contributed by atoms with E-state index in [9.17, 15) is 13.2 Å². The Labute approximate surface area is 98.0 Å². The Morgan fingerprint density at radius 3 is 2.53 bits per heavy atom. The van der Waals surface area contributed by atoms with E-state index in [2.05, 4.69) is 4.98 Å². The molecule has 1 aromatic rings. The van der Waals surface area contributed by atoms with E-state index in [1.807, 2.05) is 0 Å². The molecule has 0 radical (unpaired) electrons. The number of ether oxygens (including phenoxy) is 1. The summed E-state index contributed by atoms with van der Waals surface area (Å²) >= 11 is 1.62. The van der Waals surface area contributed by atoms with Gasteiger partial charge in [-0.25, -0.2) is 4.98 Å². The summed E-state index contributed by atoms with van der Waals surface area (Å²) in [6, 6.07) is 1.37. The van der Waals surface area contributed by atoms with Gasteiger partial charge in [0.2, 0.25) is 0 Å². The standard InChI is InChI=1S/C9H7F3INO/c10-9(11,12)8-7(13)3-6(4-14-8)15-5-1-2-5/h3-5H,1-2H2. The average Bonchev–Trinajstić information content (AvgIpc) is 2.85. The van der Waals surface area contributed by atoms with E-state index >= 15 is 0 Å². The molecule has 2 rings (SSSR count). The Hall–Kier alpha value is -0.530. The van der Waals surface area contributed by atoms with Crippen LogP contribution >= 0.6 is 22.6 Å². The molecule has 0 aliphatic heterocycles. The zero-order chi connectivity index (χ0) is 11.1. The largest absolute Gasteiger partial charge is 0.489 e. The third-order valence-electron chi connectivity index (χ3n) is 1.91. The van der Waals surface area contributed by atoms with Gasteiger partial charge in [-0.15, -0.1) is 0 Å². The summed E-state index contributed by atoms with van der Waals surface area (Å²) < 4.78 is 42.4. The van der Waals surface area contributed by atoms with Gasteiger partial charge in [-0.05, 0) is 41.5 Å². The van der Waals surface area contributed by atoms with Crippen molar-refractivity contribution in [2.75, 3.05) is 0 Å². The average molecular weight is 329 g/mol. The molecule has 0 N–H and O–H groups in total. The molecule has 0 aromatic carbocycles. The van der Waals surface area contributed by atoms with Gasteiger partial charge in [-0.1, -0.05) is 0 Å². The lowest BCUT2D eigenvalue weighted by molar-refractivity contribution is -0.141. The quantitative estimate of drug-likeness (QED) is 0.777. The molecule has 0 amide bonds. The van der Waals surface area contributed by atoms with Crippen molar-refractivity contribution in [3.63, 3.8) is 0 Å².